The zero-order valence-electron chi connectivity index (χ0n) is 10.3. The molecule has 2 nitrogen and oxygen atoms in total. The van der Waals surface area contributed by atoms with Gasteiger partial charge in [-0.15, -0.1) is 11.8 Å². The first-order valence-corrected chi connectivity index (χ1v) is 7.68. The molecule has 0 unspecified atom stereocenters. The number of rotatable bonds is 2. The summed E-state index contributed by atoms with van der Waals surface area (Å²) in [5.41, 5.74) is 0.939. The minimum Gasteiger partial charge on any atom is -0.411 e. The van der Waals surface area contributed by atoms with E-state index in [1.54, 1.807) is 11.8 Å². The predicted octanol–water partition coefficient (Wildman–Crippen LogP) is 4.99. The van der Waals surface area contributed by atoms with E-state index >= 15 is 0 Å². The Morgan fingerprint density at radius 2 is 1.83 bits per heavy atom. The Hall–Kier alpha value is -0.670. The standard InChI is InChI=1S/C14H18ClNOS/c15-11-7-9-12(10-8-11)18-14-6-4-2-1-3-5-13(14)16-17/h7-10,14,17H,1-6H2/b16-13+/t14-/m0/s1. The molecule has 1 saturated carbocycles. The van der Waals surface area contributed by atoms with E-state index in [-0.39, 0.29) is 0 Å². The monoisotopic (exact) mass is 283 g/mol. The Labute approximate surface area is 117 Å². The molecule has 1 aliphatic carbocycles. The zero-order chi connectivity index (χ0) is 12.8. The summed E-state index contributed by atoms with van der Waals surface area (Å²) in [6.07, 6.45) is 6.89. The van der Waals surface area contributed by atoms with Crippen LogP contribution in [0.3, 0.4) is 0 Å². The van der Waals surface area contributed by atoms with Gasteiger partial charge in [-0.05, 0) is 43.5 Å². The normalized spacial score (nSPS) is 23.6. The van der Waals surface area contributed by atoms with Crippen LogP contribution in [-0.4, -0.2) is 16.2 Å². The van der Waals surface area contributed by atoms with E-state index in [2.05, 4.69) is 5.16 Å². The van der Waals surface area contributed by atoms with E-state index in [0.29, 0.717) is 5.25 Å². The summed E-state index contributed by atoms with van der Waals surface area (Å²) in [5.74, 6) is 0. The average molecular weight is 284 g/mol. The van der Waals surface area contributed by atoms with Gasteiger partial charge in [0.25, 0.3) is 0 Å². The van der Waals surface area contributed by atoms with E-state index in [1.165, 1.54) is 24.2 Å². The summed E-state index contributed by atoms with van der Waals surface area (Å²) in [7, 11) is 0. The van der Waals surface area contributed by atoms with Gasteiger partial charge in [0.15, 0.2) is 0 Å². The molecule has 0 radical (unpaired) electrons. The third-order valence-corrected chi connectivity index (χ3v) is 4.83. The maximum Gasteiger partial charge on any atom is 0.0704 e. The number of thioether (sulfide) groups is 1. The molecule has 1 aromatic rings. The van der Waals surface area contributed by atoms with Gasteiger partial charge in [-0.25, -0.2) is 0 Å². The summed E-state index contributed by atoms with van der Waals surface area (Å²) in [5, 5.41) is 13.7. The fourth-order valence-corrected chi connectivity index (χ4v) is 3.57. The molecule has 1 aliphatic rings. The highest BCUT2D eigenvalue weighted by molar-refractivity contribution is 8.00. The molecule has 98 valence electrons. The quantitative estimate of drug-likeness (QED) is 0.613. The number of hydrogen-bond donors (Lipinski definition) is 1. The number of benzene rings is 1. The zero-order valence-corrected chi connectivity index (χ0v) is 11.9. The van der Waals surface area contributed by atoms with Crippen LogP contribution in [0, 0.1) is 0 Å². The second kappa shape index (κ2) is 7.05. The summed E-state index contributed by atoms with van der Waals surface area (Å²) in [6.45, 7) is 0. The molecule has 0 saturated heterocycles. The first-order valence-electron chi connectivity index (χ1n) is 6.42. The van der Waals surface area contributed by atoms with E-state index < -0.39 is 0 Å². The average Bonchev–Trinajstić information content (AvgIpc) is 2.36. The van der Waals surface area contributed by atoms with Crippen molar-refractivity contribution in [3.63, 3.8) is 0 Å². The fraction of sp³-hybridized carbons (Fsp3) is 0.500. The third-order valence-electron chi connectivity index (χ3n) is 3.24. The molecule has 0 aromatic heterocycles. The fourth-order valence-electron chi connectivity index (χ4n) is 2.24. The second-order valence-electron chi connectivity index (χ2n) is 4.60. The maximum absolute atomic E-state index is 9.15. The Morgan fingerprint density at radius 1 is 1.11 bits per heavy atom. The topological polar surface area (TPSA) is 32.6 Å². The highest BCUT2D eigenvalue weighted by Gasteiger charge is 2.19. The van der Waals surface area contributed by atoms with E-state index in [4.69, 9.17) is 16.8 Å². The van der Waals surface area contributed by atoms with E-state index in [0.717, 1.165) is 30.0 Å². The molecular formula is C14H18ClNOS. The van der Waals surface area contributed by atoms with Crippen molar-refractivity contribution in [3.05, 3.63) is 29.3 Å². The van der Waals surface area contributed by atoms with Crippen molar-refractivity contribution in [3.8, 4) is 0 Å². The molecule has 0 bridgehead atoms. The van der Waals surface area contributed by atoms with Crippen LogP contribution in [0.5, 0.6) is 0 Å². The van der Waals surface area contributed by atoms with Crippen LogP contribution in [-0.2, 0) is 0 Å². The lowest BCUT2D eigenvalue weighted by atomic mass is 9.99. The molecular weight excluding hydrogens is 266 g/mol. The minimum absolute atomic E-state index is 0.302. The van der Waals surface area contributed by atoms with Gasteiger partial charge in [-0.3, -0.25) is 0 Å². The van der Waals surface area contributed by atoms with Gasteiger partial charge in [0.05, 0.1) is 11.0 Å². The van der Waals surface area contributed by atoms with Crippen molar-refractivity contribution >= 4 is 29.1 Å². The van der Waals surface area contributed by atoms with Gasteiger partial charge in [0.1, 0.15) is 0 Å². The third kappa shape index (κ3) is 3.92. The van der Waals surface area contributed by atoms with Crippen molar-refractivity contribution in [2.24, 2.45) is 5.16 Å². The Bertz CT molecular complexity index is 405. The Kier molecular flexibility index (Phi) is 5.39. The van der Waals surface area contributed by atoms with Gasteiger partial charge in [-0.2, -0.15) is 0 Å². The number of hydrogen-bond acceptors (Lipinski definition) is 3. The van der Waals surface area contributed by atoms with Crippen LogP contribution < -0.4 is 0 Å². The smallest absolute Gasteiger partial charge is 0.0704 e. The van der Waals surface area contributed by atoms with Gasteiger partial charge < -0.3 is 5.21 Å². The Morgan fingerprint density at radius 3 is 2.56 bits per heavy atom. The molecule has 18 heavy (non-hydrogen) atoms. The first kappa shape index (κ1) is 13.8. The SMILES string of the molecule is O/N=C1\CCCCCC[C@@H]1Sc1ccc(Cl)cc1. The van der Waals surface area contributed by atoms with Crippen LogP contribution in [0.15, 0.2) is 34.3 Å². The van der Waals surface area contributed by atoms with E-state index in [9.17, 15) is 0 Å². The molecule has 1 atom stereocenters. The van der Waals surface area contributed by atoms with Gasteiger partial charge >= 0.3 is 0 Å². The second-order valence-corrected chi connectivity index (χ2v) is 6.32. The highest BCUT2D eigenvalue weighted by atomic mass is 35.5. The van der Waals surface area contributed by atoms with Crippen LogP contribution in [0.2, 0.25) is 5.02 Å². The lowest BCUT2D eigenvalue weighted by Gasteiger charge is -2.20. The summed E-state index contributed by atoms with van der Waals surface area (Å²) >= 11 is 7.66. The van der Waals surface area contributed by atoms with Crippen molar-refractivity contribution in [1.82, 2.24) is 0 Å². The van der Waals surface area contributed by atoms with Gasteiger partial charge in [0, 0.05) is 9.92 Å². The summed E-state index contributed by atoms with van der Waals surface area (Å²) < 4.78 is 0. The molecule has 1 fully saturated rings. The first-order chi connectivity index (χ1) is 8.79. The van der Waals surface area contributed by atoms with Gasteiger partial charge in [-0.1, -0.05) is 36.0 Å². The minimum atomic E-state index is 0.302. The largest absolute Gasteiger partial charge is 0.411 e. The van der Waals surface area contributed by atoms with Crippen molar-refractivity contribution in [1.29, 1.82) is 0 Å². The van der Waals surface area contributed by atoms with Crippen LogP contribution in [0.25, 0.3) is 0 Å². The number of nitrogens with zero attached hydrogens (tertiary/aromatic N) is 1. The van der Waals surface area contributed by atoms with Crippen LogP contribution >= 0.6 is 23.4 Å². The molecule has 0 spiro atoms. The highest BCUT2D eigenvalue weighted by Crippen LogP contribution is 2.31. The molecule has 1 N–H and O–H groups in total. The molecule has 0 amide bonds. The molecule has 0 heterocycles. The van der Waals surface area contributed by atoms with E-state index in [1.807, 2.05) is 24.3 Å². The summed E-state index contributed by atoms with van der Waals surface area (Å²) in [4.78, 5) is 1.19. The maximum atomic E-state index is 9.15. The number of halogens is 1. The lowest BCUT2D eigenvalue weighted by Crippen LogP contribution is -2.19. The molecule has 4 heteroatoms. The van der Waals surface area contributed by atoms with Crippen molar-refractivity contribution in [2.45, 2.75) is 48.7 Å². The van der Waals surface area contributed by atoms with Crippen LogP contribution in [0.1, 0.15) is 38.5 Å². The van der Waals surface area contributed by atoms with Crippen LogP contribution in [0.4, 0.5) is 0 Å². The van der Waals surface area contributed by atoms with Gasteiger partial charge in [0.2, 0.25) is 0 Å². The Balaban J connectivity index is 2.06. The molecule has 1 aromatic carbocycles. The summed E-state index contributed by atoms with van der Waals surface area (Å²) in [6, 6.07) is 7.87. The molecule has 2 rings (SSSR count). The van der Waals surface area contributed by atoms with Crippen molar-refractivity contribution < 1.29 is 5.21 Å². The molecule has 0 aliphatic heterocycles. The number of oxime groups is 1. The lowest BCUT2D eigenvalue weighted by molar-refractivity contribution is 0.315. The predicted molar refractivity (Wildman–Crippen MR) is 78.0 cm³/mol. The van der Waals surface area contributed by atoms with Crippen molar-refractivity contribution in [2.75, 3.05) is 0 Å².